The third kappa shape index (κ3) is 5.77. The van der Waals surface area contributed by atoms with Gasteiger partial charge in [-0.1, -0.05) is 48.0 Å². The molecule has 1 unspecified atom stereocenters. The molecule has 3 aromatic rings. The molecule has 2 aliphatic heterocycles. The highest BCUT2D eigenvalue weighted by Gasteiger charge is 2.53. The first kappa shape index (κ1) is 30.7. The Labute approximate surface area is 257 Å². The number of aryl methyl sites for hydroxylation is 3. The molecule has 4 amide bonds. The van der Waals surface area contributed by atoms with Gasteiger partial charge in [-0.25, -0.2) is 23.1 Å². The summed E-state index contributed by atoms with van der Waals surface area (Å²) in [7, 11) is -4.25. The summed E-state index contributed by atoms with van der Waals surface area (Å²) < 4.78 is 35.1. The molecule has 11 nitrogen and oxygen atoms in total. The molecule has 2 heterocycles. The quantitative estimate of drug-likeness (QED) is 0.269. The number of carbonyl (C=O) groups excluding carboxylic acids is 3. The fourth-order valence-electron chi connectivity index (χ4n) is 5.25. The van der Waals surface area contributed by atoms with Crippen molar-refractivity contribution < 1.29 is 27.5 Å². The monoisotopic (exact) mass is 617 g/mol. The van der Waals surface area contributed by atoms with E-state index < -0.39 is 39.4 Å². The Morgan fingerprint density at radius 2 is 1.70 bits per heavy atom. The maximum absolute atomic E-state index is 14.1. The van der Waals surface area contributed by atoms with E-state index in [2.05, 4.69) is 15.6 Å². The third-order valence-corrected chi connectivity index (χ3v) is 9.41. The van der Waals surface area contributed by atoms with Crippen LogP contribution in [0.4, 0.5) is 16.2 Å². The number of fused-ring (bicyclic) bond motifs is 1. The van der Waals surface area contributed by atoms with Crippen LogP contribution in [0.1, 0.15) is 37.0 Å². The molecule has 0 bridgehead atoms. The maximum atomic E-state index is 14.1. The van der Waals surface area contributed by atoms with Crippen LogP contribution in [-0.2, 0) is 19.6 Å². The Kier molecular flexibility index (Phi) is 8.21. The number of sulfonamides is 1. The van der Waals surface area contributed by atoms with E-state index in [0.29, 0.717) is 11.4 Å². The summed E-state index contributed by atoms with van der Waals surface area (Å²) in [6.45, 7) is 8.77. The molecule has 0 spiro atoms. The number of ether oxygens (including phenoxy) is 1. The number of para-hydroxylation sites is 2. The lowest BCUT2D eigenvalue weighted by molar-refractivity contribution is -0.134. The average molecular weight is 618 g/mol. The van der Waals surface area contributed by atoms with Gasteiger partial charge < -0.3 is 15.4 Å². The SMILES string of the molecule is Cc1ccc(OCCCN2C(C(C(=O)Nc3ccccc3C)N3C(=O)NC(C)(C)C3=O)=Nc3ccccc3S2(=O)=O)c(C)c1. The number of aliphatic imine (C=N–C) groups is 1. The number of anilines is 1. The summed E-state index contributed by atoms with van der Waals surface area (Å²) in [6.07, 6.45) is 0.228. The first-order valence-electron chi connectivity index (χ1n) is 14.2. The Balaban J connectivity index is 1.55. The van der Waals surface area contributed by atoms with E-state index in [1.807, 2.05) is 32.0 Å². The lowest BCUT2D eigenvalue weighted by Crippen LogP contribution is -2.59. The van der Waals surface area contributed by atoms with Crippen LogP contribution >= 0.6 is 0 Å². The van der Waals surface area contributed by atoms with Crippen LogP contribution < -0.4 is 15.4 Å². The molecule has 1 fully saturated rings. The van der Waals surface area contributed by atoms with Gasteiger partial charge in [0, 0.05) is 18.7 Å². The highest BCUT2D eigenvalue weighted by molar-refractivity contribution is 7.90. The topological polar surface area (TPSA) is 137 Å². The van der Waals surface area contributed by atoms with Crippen LogP contribution in [0.2, 0.25) is 0 Å². The van der Waals surface area contributed by atoms with Crippen molar-refractivity contribution in [2.45, 2.75) is 57.5 Å². The third-order valence-electron chi connectivity index (χ3n) is 7.56. The van der Waals surface area contributed by atoms with Gasteiger partial charge in [0.15, 0.2) is 11.9 Å². The fraction of sp³-hybridized carbons (Fsp3) is 0.312. The second kappa shape index (κ2) is 11.8. The van der Waals surface area contributed by atoms with Crippen molar-refractivity contribution in [2.75, 3.05) is 18.5 Å². The molecule has 1 atom stereocenters. The first-order chi connectivity index (χ1) is 20.8. The number of hydrogen-bond acceptors (Lipinski definition) is 7. The normalized spacial score (nSPS) is 17.4. The number of nitrogens with one attached hydrogen (secondary N) is 2. The molecule has 0 aromatic heterocycles. The van der Waals surface area contributed by atoms with Crippen LogP contribution in [-0.4, -0.2) is 66.0 Å². The molecule has 0 saturated carbocycles. The molecule has 0 radical (unpaired) electrons. The second-order valence-corrected chi connectivity index (χ2v) is 13.3. The molecule has 230 valence electrons. The van der Waals surface area contributed by atoms with Crippen molar-refractivity contribution >= 4 is 45.1 Å². The predicted octanol–water partition coefficient (Wildman–Crippen LogP) is 4.45. The van der Waals surface area contributed by atoms with Gasteiger partial charge in [-0.3, -0.25) is 13.9 Å². The predicted molar refractivity (Wildman–Crippen MR) is 167 cm³/mol. The Morgan fingerprint density at radius 3 is 2.39 bits per heavy atom. The minimum absolute atomic E-state index is 0.0466. The van der Waals surface area contributed by atoms with Gasteiger partial charge in [0.25, 0.3) is 21.8 Å². The molecule has 2 aliphatic rings. The van der Waals surface area contributed by atoms with Crippen molar-refractivity contribution in [2.24, 2.45) is 4.99 Å². The van der Waals surface area contributed by atoms with Crippen molar-refractivity contribution in [3.8, 4) is 5.75 Å². The van der Waals surface area contributed by atoms with Gasteiger partial charge in [-0.2, -0.15) is 0 Å². The number of hydrogen-bond donors (Lipinski definition) is 2. The van der Waals surface area contributed by atoms with E-state index in [0.717, 1.165) is 25.9 Å². The number of imide groups is 1. The summed E-state index contributed by atoms with van der Waals surface area (Å²) in [5.41, 5.74) is 2.00. The number of amides is 4. The van der Waals surface area contributed by atoms with E-state index in [1.54, 1.807) is 43.3 Å². The molecule has 2 N–H and O–H groups in total. The summed E-state index contributed by atoms with van der Waals surface area (Å²) in [4.78, 5) is 46.2. The molecule has 12 heteroatoms. The number of rotatable bonds is 9. The molecule has 3 aromatic carbocycles. The van der Waals surface area contributed by atoms with Gasteiger partial charge in [0.2, 0.25) is 0 Å². The number of benzene rings is 3. The van der Waals surface area contributed by atoms with Gasteiger partial charge in [0.05, 0.1) is 12.3 Å². The number of nitrogens with zero attached hydrogens (tertiary/aromatic N) is 3. The molecule has 5 rings (SSSR count). The number of amidine groups is 1. The average Bonchev–Trinajstić information content (AvgIpc) is 3.16. The fourth-order valence-corrected chi connectivity index (χ4v) is 6.87. The van der Waals surface area contributed by atoms with Crippen LogP contribution in [0.25, 0.3) is 0 Å². The molecule has 1 saturated heterocycles. The highest BCUT2D eigenvalue weighted by atomic mass is 32.2. The summed E-state index contributed by atoms with van der Waals surface area (Å²) in [5.74, 6) is -1.06. The van der Waals surface area contributed by atoms with E-state index in [1.165, 1.54) is 26.0 Å². The lowest BCUT2D eigenvalue weighted by Gasteiger charge is -2.35. The van der Waals surface area contributed by atoms with E-state index in [9.17, 15) is 22.8 Å². The Bertz CT molecular complexity index is 1790. The van der Waals surface area contributed by atoms with E-state index in [4.69, 9.17) is 4.74 Å². The van der Waals surface area contributed by atoms with Crippen molar-refractivity contribution in [1.29, 1.82) is 0 Å². The number of urea groups is 1. The standard InChI is InChI=1S/C32H35N5O6S/c1-20-15-16-25(22(3)19-20)43-18-10-17-36-28(33-24-13-8-9-14-26(24)44(36,41)42)27(37-30(39)32(4,5)35-31(37)40)29(38)34-23-12-7-6-11-21(23)2/h6-9,11-16,19,27H,10,17-18H2,1-5H3,(H,34,38)(H,35,40). The zero-order valence-electron chi connectivity index (χ0n) is 25.2. The number of carbonyl (C=O) groups is 3. The van der Waals surface area contributed by atoms with Crippen molar-refractivity contribution in [1.82, 2.24) is 14.5 Å². The van der Waals surface area contributed by atoms with Crippen molar-refractivity contribution in [3.63, 3.8) is 0 Å². The largest absolute Gasteiger partial charge is 0.493 e. The first-order valence-corrected chi connectivity index (χ1v) is 15.7. The minimum Gasteiger partial charge on any atom is -0.493 e. The second-order valence-electron chi connectivity index (χ2n) is 11.4. The maximum Gasteiger partial charge on any atom is 0.326 e. The van der Waals surface area contributed by atoms with E-state index in [-0.39, 0.29) is 36.0 Å². The smallest absolute Gasteiger partial charge is 0.326 e. The highest BCUT2D eigenvalue weighted by Crippen LogP contribution is 2.35. The van der Waals surface area contributed by atoms with Gasteiger partial charge in [-0.15, -0.1) is 0 Å². The van der Waals surface area contributed by atoms with Gasteiger partial charge in [0.1, 0.15) is 16.2 Å². The van der Waals surface area contributed by atoms with Crippen LogP contribution in [0.15, 0.2) is 76.6 Å². The molecular formula is C32H35N5O6S. The van der Waals surface area contributed by atoms with Gasteiger partial charge >= 0.3 is 6.03 Å². The zero-order chi connectivity index (χ0) is 31.8. The summed E-state index contributed by atoms with van der Waals surface area (Å²) >= 11 is 0. The van der Waals surface area contributed by atoms with Gasteiger partial charge in [-0.05, 0) is 70.0 Å². The van der Waals surface area contributed by atoms with Crippen LogP contribution in [0, 0.1) is 20.8 Å². The van der Waals surface area contributed by atoms with Crippen LogP contribution in [0.3, 0.4) is 0 Å². The zero-order valence-corrected chi connectivity index (χ0v) is 26.1. The minimum atomic E-state index is -4.25. The molecule has 0 aliphatic carbocycles. The molecular weight excluding hydrogens is 582 g/mol. The van der Waals surface area contributed by atoms with Crippen LogP contribution in [0.5, 0.6) is 5.75 Å². The Morgan fingerprint density at radius 1 is 1.00 bits per heavy atom. The Hall–Kier alpha value is -4.71. The summed E-state index contributed by atoms with van der Waals surface area (Å²) in [6, 6.07) is 16.4. The molecule has 44 heavy (non-hydrogen) atoms. The van der Waals surface area contributed by atoms with E-state index >= 15 is 0 Å². The summed E-state index contributed by atoms with van der Waals surface area (Å²) in [5, 5.41) is 5.38. The lowest BCUT2D eigenvalue weighted by atomic mass is 10.0. The van der Waals surface area contributed by atoms with Crippen molar-refractivity contribution in [3.05, 3.63) is 83.4 Å².